The number of benzene rings is 2. The number of fused-ring (bicyclic) bond motifs is 1. The van der Waals surface area contributed by atoms with Gasteiger partial charge in [0.25, 0.3) is 0 Å². The molecule has 2 aromatic carbocycles. The number of carbonyl (C=O) groups is 1. The molecule has 7 nitrogen and oxygen atoms in total. The van der Waals surface area contributed by atoms with E-state index in [4.69, 9.17) is 15.2 Å². The summed E-state index contributed by atoms with van der Waals surface area (Å²) >= 11 is 0. The molecule has 2 fully saturated rings. The molecular formula is C29H38N4O3. The molecule has 2 aliphatic rings. The lowest BCUT2D eigenvalue weighted by atomic mass is 10.1. The first kappa shape index (κ1) is 24.5. The number of nitrogens with one attached hydrogen (secondary N) is 1. The average molecular weight is 491 g/mol. The summed E-state index contributed by atoms with van der Waals surface area (Å²) in [6.45, 7) is 7.70. The summed E-state index contributed by atoms with van der Waals surface area (Å²) in [5.41, 5.74) is 11.5. The molecule has 192 valence electrons. The van der Waals surface area contributed by atoms with Crippen LogP contribution in [0.1, 0.15) is 58.4 Å². The zero-order valence-electron chi connectivity index (χ0n) is 21.5. The van der Waals surface area contributed by atoms with E-state index in [0.29, 0.717) is 18.3 Å². The molecule has 1 amide bonds. The van der Waals surface area contributed by atoms with Gasteiger partial charge >= 0.3 is 6.09 Å². The van der Waals surface area contributed by atoms with E-state index in [1.807, 2.05) is 44.2 Å². The lowest BCUT2D eigenvalue weighted by Crippen LogP contribution is -2.25. The molecule has 1 aliphatic heterocycles. The molecular weight excluding hydrogens is 452 g/mol. The van der Waals surface area contributed by atoms with Gasteiger partial charge in [0.2, 0.25) is 0 Å². The minimum Gasteiger partial charge on any atom is -0.492 e. The van der Waals surface area contributed by atoms with Crippen LogP contribution >= 0.6 is 0 Å². The number of aromatic nitrogens is 1. The SMILES string of the molecule is CC(C)OC(=O)Nc1ccc(-c2c(N)c3ccc(OCCN4CCCC4)cc3n2C2CCCC2)cc1. The average Bonchev–Trinajstić information content (AvgIpc) is 3.61. The van der Waals surface area contributed by atoms with Crippen molar-refractivity contribution in [3.8, 4) is 17.0 Å². The van der Waals surface area contributed by atoms with Gasteiger partial charge in [-0.05, 0) is 76.9 Å². The van der Waals surface area contributed by atoms with Gasteiger partial charge < -0.3 is 19.8 Å². The summed E-state index contributed by atoms with van der Waals surface area (Å²) in [6.07, 6.45) is 6.74. The fraction of sp³-hybridized carbons (Fsp3) is 0.483. The number of hydrogen-bond donors (Lipinski definition) is 2. The summed E-state index contributed by atoms with van der Waals surface area (Å²) in [5.74, 6) is 0.896. The van der Waals surface area contributed by atoms with Crippen LogP contribution in [0, 0.1) is 0 Å². The number of hydrogen-bond acceptors (Lipinski definition) is 5. The van der Waals surface area contributed by atoms with E-state index in [1.54, 1.807) is 0 Å². The first-order chi connectivity index (χ1) is 17.5. The van der Waals surface area contributed by atoms with Crippen molar-refractivity contribution in [3.63, 3.8) is 0 Å². The summed E-state index contributed by atoms with van der Waals surface area (Å²) in [4.78, 5) is 14.5. The van der Waals surface area contributed by atoms with E-state index in [0.717, 1.165) is 53.0 Å². The number of nitrogen functional groups attached to an aromatic ring is 1. The summed E-state index contributed by atoms with van der Waals surface area (Å²) in [7, 11) is 0. The second-order valence-corrected chi connectivity index (χ2v) is 10.3. The predicted octanol–water partition coefficient (Wildman–Crippen LogP) is 6.44. The van der Waals surface area contributed by atoms with Gasteiger partial charge in [-0.2, -0.15) is 0 Å². The van der Waals surface area contributed by atoms with Crippen molar-refractivity contribution in [2.75, 3.05) is 37.3 Å². The Kier molecular flexibility index (Phi) is 7.37. The van der Waals surface area contributed by atoms with Crippen LogP contribution in [0.5, 0.6) is 5.75 Å². The lowest BCUT2D eigenvalue weighted by molar-refractivity contribution is 0.130. The Bertz CT molecular complexity index is 1190. The van der Waals surface area contributed by atoms with Crippen molar-refractivity contribution in [1.82, 2.24) is 9.47 Å². The highest BCUT2D eigenvalue weighted by Crippen LogP contribution is 2.44. The van der Waals surface area contributed by atoms with Gasteiger partial charge in [0.05, 0.1) is 23.0 Å². The van der Waals surface area contributed by atoms with Gasteiger partial charge in [-0.3, -0.25) is 10.2 Å². The molecule has 3 N–H and O–H groups in total. The Morgan fingerprint density at radius 2 is 1.78 bits per heavy atom. The van der Waals surface area contributed by atoms with Crippen LogP contribution < -0.4 is 15.8 Å². The van der Waals surface area contributed by atoms with E-state index in [-0.39, 0.29) is 6.10 Å². The number of nitrogens with two attached hydrogens (primary N) is 1. The molecule has 1 aliphatic carbocycles. The molecule has 3 aromatic rings. The topological polar surface area (TPSA) is 81.8 Å². The number of carbonyl (C=O) groups excluding carboxylic acids is 1. The zero-order valence-corrected chi connectivity index (χ0v) is 21.5. The van der Waals surface area contributed by atoms with Crippen LogP contribution in [0.4, 0.5) is 16.2 Å². The molecule has 0 spiro atoms. The highest BCUT2D eigenvalue weighted by molar-refractivity contribution is 6.01. The Morgan fingerprint density at radius 3 is 2.47 bits per heavy atom. The number of ether oxygens (including phenoxy) is 2. The monoisotopic (exact) mass is 490 g/mol. The molecule has 0 atom stereocenters. The normalized spacial score (nSPS) is 16.8. The van der Waals surface area contributed by atoms with Crippen LogP contribution in [0.3, 0.4) is 0 Å². The van der Waals surface area contributed by atoms with E-state index >= 15 is 0 Å². The zero-order chi connectivity index (χ0) is 25.1. The van der Waals surface area contributed by atoms with Crippen molar-refractivity contribution in [2.45, 2.75) is 64.5 Å². The lowest BCUT2D eigenvalue weighted by Gasteiger charge is -2.19. The van der Waals surface area contributed by atoms with E-state index in [2.05, 4.69) is 26.9 Å². The third-order valence-corrected chi connectivity index (χ3v) is 7.33. The largest absolute Gasteiger partial charge is 0.492 e. The minimum absolute atomic E-state index is 0.166. The van der Waals surface area contributed by atoms with Gasteiger partial charge in [0, 0.05) is 35.3 Å². The maximum Gasteiger partial charge on any atom is 0.411 e. The highest BCUT2D eigenvalue weighted by Gasteiger charge is 2.25. The molecule has 0 unspecified atom stereocenters. The first-order valence-corrected chi connectivity index (χ1v) is 13.4. The van der Waals surface area contributed by atoms with Crippen molar-refractivity contribution in [3.05, 3.63) is 42.5 Å². The third kappa shape index (κ3) is 5.31. The highest BCUT2D eigenvalue weighted by atomic mass is 16.6. The summed E-state index contributed by atoms with van der Waals surface area (Å²) in [6, 6.07) is 14.6. The Morgan fingerprint density at radius 1 is 1.06 bits per heavy atom. The number of rotatable bonds is 8. The molecule has 0 bridgehead atoms. The Labute approximate surface area is 213 Å². The number of nitrogens with zero attached hydrogens (tertiary/aromatic N) is 2. The maximum atomic E-state index is 12.0. The summed E-state index contributed by atoms with van der Waals surface area (Å²) < 4.78 is 13.8. The third-order valence-electron chi connectivity index (χ3n) is 7.33. The van der Waals surface area contributed by atoms with Gasteiger partial charge in [-0.1, -0.05) is 25.0 Å². The molecule has 1 saturated heterocycles. The van der Waals surface area contributed by atoms with Crippen LogP contribution in [-0.2, 0) is 4.74 Å². The second kappa shape index (κ2) is 10.8. The first-order valence-electron chi connectivity index (χ1n) is 13.4. The minimum atomic E-state index is -0.449. The van der Waals surface area contributed by atoms with Crippen molar-refractivity contribution >= 4 is 28.4 Å². The van der Waals surface area contributed by atoms with E-state index < -0.39 is 6.09 Å². The fourth-order valence-corrected chi connectivity index (χ4v) is 5.61. The van der Waals surface area contributed by atoms with Crippen LogP contribution in [-0.4, -0.2) is 47.9 Å². The standard InChI is InChI=1S/C29H38N4O3/c1-20(2)36-29(34)31-22-11-9-21(10-12-22)28-27(30)25-14-13-24(35-18-17-32-15-5-6-16-32)19-26(25)33(28)23-7-3-4-8-23/h9-14,19-20,23H,3-8,15-18,30H2,1-2H3,(H,31,34). The molecule has 1 saturated carbocycles. The number of likely N-dealkylation sites (tertiary alicyclic amines) is 1. The van der Waals surface area contributed by atoms with Crippen molar-refractivity contribution in [1.29, 1.82) is 0 Å². The van der Waals surface area contributed by atoms with Crippen molar-refractivity contribution < 1.29 is 14.3 Å². The molecule has 7 heteroatoms. The molecule has 5 rings (SSSR count). The van der Waals surface area contributed by atoms with Gasteiger partial charge in [0.15, 0.2) is 0 Å². The molecule has 0 radical (unpaired) electrons. The van der Waals surface area contributed by atoms with E-state index in [1.165, 1.54) is 38.8 Å². The van der Waals surface area contributed by atoms with Crippen LogP contribution in [0.25, 0.3) is 22.2 Å². The number of amides is 1. The summed E-state index contributed by atoms with van der Waals surface area (Å²) in [5, 5.41) is 3.85. The quantitative estimate of drug-likeness (QED) is 0.380. The van der Waals surface area contributed by atoms with Crippen molar-refractivity contribution in [2.24, 2.45) is 0 Å². The maximum absolute atomic E-state index is 12.0. The smallest absolute Gasteiger partial charge is 0.411 e. The van der Waals surface area contributed by atoms with Crippen LogP contribution in [0.2, 0.25) is 0 Å². The second-order valence-electron chi connectivity index (χ2n) is 10.3. The molecule has 36 heavy (non-hydrogen) atoms. The van der Waals surface area contributed by atoms with Gasteiger partial charge in [0.1, 0.15) is 12.4 Å². The molecule has 2 heterocycles. The van der Waals surface area contributed by atoms with Gasteiger partial charge in [-0.15, -0.1) is 0 Å². The molecule has 1 aromatic heterocycles. The Hall–Kier alpha value is -3.19. The van der Waals surface area contributed by atoms with Crippen LogP contribution in [0.15, 0.2) is 42.5 Å². The Balaban J connectivity index is 1.43. The van der Waals surface area contributed by atoms with Gasteiger partial charge in [-0.25, -0.2) is 4.79 Å². The number of anilines is 2. The fourth-order valence-electron chi connectivity index (χ4n) is 5.61. The van der Waals surface area contributed by atoms with E-state index in [9.17, 15) is 4.79 Å². The predicted molar refractivity (Wildman–Crippen MR) is 146 cm³/mol.